The first-order chi connectivity index (χ1) is 10.1. The first-order valence-corrected chi connectivity index (χ1v) is 7.61. The highest BCUT2D eigenvalue weighted by Crippen LogP contribution is 2.27. The Hall–Kier alpha value is -1.85. The fourth-order valence-electron chi connectivity index (χ4n) is 2.13. The number of hydrogen-bond acceptors (Lipinski definition) is 4. The first-order valence-electron chi connectivity index (χ1n) is 6.73. The molecule has 1 aromatic carbocycles. The van der Waals surface area contributed by atoms with Crippen LogP contribution in [0.2, 0.25) is 0 Å². The third-order valence-electron chi connectivity index (χ3n) is 3.23. The average molecular weight is 305 g/mol. The van der Waals surface area contributed by atoms with Gasteiger partial charge in [-0.25, -0.2) is 0 Å². The number of benzene rings is 1. The van der Waals surface area contributed by atoms with E-state index in [0.717, 1.165) is 10.4 Å². The van der Waals surface area contributed by atoms with Gasteiger partial charge in [-0.05, 0) is 41.1 Å². The summed E-state index contributed by atoms with van der Waals surface area (Å²) in [5, 5.41) is 14.1. The highest BCUT2D eigenvalue weighted by molar-refractivity contribution is 7.12. The Morgan fingerprint density at radius 1 is 1.38 bits per heavy atom. The van der Waals surface area contributed by atoms with Crippen molar-refractivity contribution in [2.45, 2.75) is 26.4 Å². The van der Waals surface area contributed by atoms with E-state index in [0.29, 0.717) is 22.9 Å². The molecule has 0 unspecified atom stereocenters. The molecule has 0 fully saturated rings. The van der Waals surface area contributed by atoms with Crippen LogP contribution in [-0.4, -0.2) is 18.1 Å². The Morgan fingerprint density at radius 3 is 2.76 bits per heavy atom. The van der Waals surface area contributed by atoms with E-state index in [-0.39, 0.29) is 12.5 Å². The Bertz CT molecular complexity index is 634. The predicted molar refractivity (Wildman–Crippen MR) is 85.3 cm³/mol. The van der Waals surface area contributed by atoms with Crippen molar-refractivity contribution < 1.29 is 14.6 Å². The number of amides is 1. The molecule has 0 saturated heterocycles. The maximum absolute atomic E-state index is 12.4. The highest BCUT2D eigenvalue weighted by atomic mass is 32.1. The van der Waals surface area contributed by atoms with Gasteiger partial charge in [-0.1, -0.05) is 13.8 Å². The van der Waals surface area contributed by atoms with Crippen molar-refractivity contribution in [1.29, 1.82) is 0 Å². The second-order valence-corrected chi connectivity index (χ2v) is 5.91. The van der Waals surface area contributed by atoms with Gasteiger partial charge >= 0.3 is 0 Å². The second kappa shape index (κ2) is 6.74. The van der Waals surface area contributed by atoms with Crippen LogP contribution in [0, 0.1) is 0 Å². The number of aliphatic hydroxyl groups excluding tert-OH is 1. The molecule has 0 atom stereocenters. The molecule has 2 N–H and O–H groups in total. The zero-order valence-electron chi connectivity index (χ0n) is 12.3. The number of hydrogen-bond donors (Lipinski definition) is 2. The monoisotopic (exact) mass is 305 g/mol. The van der Waals surface area contributed by atoms with E-state index >= 15 is 0 Å². The molecule has 1 amide bonds. The summed E-state index contributed by atoms with van der Waals surface area (Å²) in [7, 11) is 1.55. The first kappa shape index (κ1) is 15.5. The van der Waals surface area contributed by atoms with Gasteiger partial charge in [-0.15, -0.1) is 11.3 Å². The van der Waals surface area contributed by atoms with Gasteiger partial charge < -0.3 is 15.2 Å². The van der Waals surface area contributed by atoms with Gasteiger partial charge in [0.15, 0.2) is 0 Å². The van der Waals surface area contributed by atoms with Crippen molar-refractivity contribution in [1.82, 2.24) is 0 Å². The molecule has 0 bridgehead atoms. The SMILES string of the molecule is COc1ccc(NC(=O)c2sccc2C(C)C)cc1CO. The van der Waals surface area contributed by atoms with Crippen molar-refractivity contribution in [2.75, 3.05) is 12.4 Å². The van der Waals surface area contributed by atoms with E-state index in [2.05, 4.69) is 19.2 Å². The van der Waals surface area contributed by atoms with E-state index in [1.165, 1.54) is 11.3 Å². The molecule has 4 nitrogen and oxygen atoms in total. The molecule has 1 aromatic heterocycles. The summed E-state index contributed by atoms with van der Waals surface area (Å²) in [5.41, 5.74) is 2.34. The number of rotatable bonds is 5. The van der Waals surface area contributed by atoms with Crippen LogP contribution in [0.5, 0.6) is 5.75 Å². The number of aliphatic hydroxyl groups is 1. The van der Waals surface area contributed by atoms with E-state index in [1.807, 2.05) is 11.4 Å². The smallest absolute Gasteiger partial charge is 0.266 e. The number of anilines is 1. The second-order valence-electron chi connectivity index (χ2n) is 5.00. The predicted octanol–water partition coefficient (Wildman–Crippen LogP) is 3.62. The Morgan fingerprint density at radius 2 is 2.14 bits per heavy atom. The standard InChI is InChI=1S/C16H19NO3S/c1-10(2)13-6-7-21-15(13)16(19)17-12-4-5-14(20-3)11(8-12)9-18/h4-8,10,18H,9H2,1-3H3,(H,17,19). The van der Waals surface area contributed by atoms with Crippen LogP contribution in [-0.2, 0) is 6.61 Å². The van der Waals surface area contributed by atoms with Gasteiger partial charge in [0.2, 0.25) is 0 Å². The lowest BCUT2D eigenvalue weighted by Gasteiger charge is -2.11. The van der Waals surface area contributed by atoms with Crippen LogP contribution in [0.3, 0.4) is 0 Å². The van der Waals surface area contributed by atoms with Gasteiger partial charge in [0.1, 0.15) is 5.75 Å². The molecule has 2 rings (SSSR count). The topological polar surface area (TPSA) is 58.6 Å². The van der Waals surface area contributed by atoms with E-state index in [4.69, 9.17) is 4.74 Å². The Labute approximate surface area is 128 Å². The summed E-state index contributed by atoms with van der Waals surface area (Å²) in [4.78, 5) is 13.1. The number of carbonyl (C=O) groups excluding carboxylic acids is 1. The number of ether oxygens (including phenoxy) is 1. The normalized spacial score (nSPS) is 10.7. The quantitative estimate of drug-likeness (QED) is 0.887. The molecule has 0 radical (unpaired) electrons. The largest absolute Gasteiger partial charge is 0.496 e. The highest BCUT2D eigenvalue weighted by Gasteiger charge is 2.16. The third-order valence-corrected chi connectivity index (χ3v) is 4.16. The summed E-state index contributed by atoms with van der Waals surface area (Å²) in [5.74, 6) is 0.790. The third kappa shape index (κ3) is 3.43. The number of thiophene rings is 1. The van der Waals surface area contributed by atoms with Crippen molar-refractivity contribution in [3.63, 3.8) is 0 Å². The average Bonchev–Trinajstić information content (AvgIpc) is 2.96. The number of carbonyl (C=O) groups is 1. The van der Waals surface area contributed by atoms with Crippen LogP contribution in [0.1, 0.15) is 40.6 Å². The maximum Gasteiger partial charge on any atom is 0.266 e. The van der Waals surface area contributed by atoms with Gasteiger partial charge in [0.25, 0.3) is 5.91 Å². The maximum atomic E-state index is 12.4. The minimum absolute atomic E-state index is 0.122. The number of methoxy groups -OCH3 is 1. The van der Waals surface area contributed by atoms with Crippen LogP contribution < -0.4 is 10.1 Å². The zero-order chi connectivity index (χ0) is 15.4. The van der Waals surface area contributed by atoms with E-state index in [9.17, 15) is 9.90 Å². The lowest BCUT2D eigenvalue weighted by atomic mass is 10.0. The lowest BCUT2D eigenvalue weighted by Crippen LogP contribution is -2.13. The lowest BCUT2D eigenvalue weighted by molar-refractivity contribution is 0.102. The van der Waals surface area contributed by atoms with Crippen LogP contribution in [0.15, 0.2) is 29.6 Å². The Kier molecular flexibility index (Phi) is 4.98. The summed E-state index contributed by atoms with van der Waals surface area (Å²) in [6, 6.07) is 7.20. The molecule has 2 aromatic rings. The number of nitrogens with one attached hydrogen (secondary N) is 1. The molecular formula is C16H19NO3S. The van der Waals surface area contributed by atoms with Crippen LogP contribution in [0.4, 0.5) is 5.69 Å². The zero-order valence-corrected chi connectivity index (χ0v) is 13.2. The molecule has 21 heavy (non-hydrogen) atoms. The molecule has 0 aliphatic heterocycles. The van der Waals surface area contributed by atoms with Crippen molar-refractivity contribution in [3.05, 3.63) is 45.6 Å². The van der Waals surface area contributed by atoms with Crippen molar-refractivity contribution in [3.8, 4) is 5.75 Å². The van der Waals surface area contributed by atoms with Gasteiger partial charge in [0, 0.05) is 11.3 Å². The summed E-state index contributed by atoms with van der Waals surface area (Å²) in [6.07, 6.45) is 0. The minimum atomic E-state index is -0.136. The molecule has 1 heterocycles. The minimum Gasteiger partial charge on any atom is -0.496 e. The molecule has 0 spiro atoms. The van der Waals surface area contributed by atoms with E-state index < -0.39 is 0 Å². The molecule has 5 heteroatoms. The van der Waals surface area contributed by atoms with Gasteiger partial charge in [0.05, 0.1) is 18.6 Å². The fraction of sp³-hybridized carbons (Fsp3) is 0.312. The summed E-state index contributed by atoms with van der Waals surface area (Å²) >= 11 is 1.44. The molecule has 112 valence electrons. The van der Waals surface area contributed by atoms with E-state index in [1.54, 1.807) is 25.3 Å². The summed E-state index contributed by atoms with van der Waals surface area (Å²) < 4.78 is 5.15. The molecular weight excluding hydrogens is 286 g/mol. The van der Waals surface area contributed by atoms with Crippen molar-refractivity contribution in [2.24, 2.45) is 0 Å². The Balaban J connectivity index is 2.21. The summed E-state index contributed by atoms with van der Waals surface area (Å²) in [6.45, 7) is 4.00. The van der Waals surface area contributed by atoms with Crippen molar-refractivity contribution >= 4 is 22.9 Å². The van der Waals surface area contributed by atoms with Crippen LogP contribution in [0.25, 0.3) is 0 Å². The fourth-order valence-corrected chi connectivity index (χ4v) is 3.07. The molecule has 0 aliphatic rings. The molecule has 0 saturated carbocycles. The van der Waals surface area contributed by atoms with Gasteiger partial charge in [-0.3, -0.25) is 4.79 Å². The van der Waals surface area contributed by atoms with Crippen LogP contribution >= 0.6 is 11.3 Å². The molecule has 0 aliphatic carbocycles. The van der Waals surface area contributed by atoms with Gasteiger partial charge in [-0.2, -0.15) is 0 Å².